The molecule has 11 heteroatoms. The van der Waals surface area contributed by atoms with Crippen LogP contribution in [0.3, 0.4) is 0 Å². The van der Waals surface area contributed by atoms with Crippen molar-refractivity contribution in [3.63, 3.8) is 0 Å². The third-order valence-electron chi connectivity index (χ3n) is 4.58. The van der Waals surface area contributed by atoms with Crippen LogP contribution in [-0.2, 0) is 11.3 Å². The molecule has 0 bridgehead atoms. The third-order valence-corrected chi connectivity index (χ3v) is 5.02. The molecule has 2 aromatic heterocycles. The second kappa shape index (κ2) is 8.40. The zero-order valence-electron chi connectivity index (χ0n) is 15.7. The van der Waals surface area contributed by atoms with Crippen molar-refractivity contribution in [2.24, 2.45) is 0 Å². The lowest BCUT2D eigenvalue weighted by Gasteiger charge is -2.32. The van der Waals surface area contributed by atoms with Crippen molar-refractivity contribution in [2.45, 2.75) is 6.54 Å². The second-order valence-corrected chi connectivity index (χ2v) is 7.69. The van der Waals surface area contributed by atoms with E-state index >= 15 is 0 Å². The molecular formula is C18H19Cl2N7O2. The van der Waals surface area contributed by atoms with E-state index in [0.29, 0.717) is 27.1 Å². The van der Waals surface area contributed by atoms with E-state index < -0.39 is 0 Å². The molecule has 3 aromatic rings. The number of nitrogens with zero attached hydrogens (tertiary/aromatic N) is 6. The van der Waals surface area contributed by atoms with Gasteiger partial charge in [0.05, 0.1) is 11.9 Å². The highest BCUT2D eigenvalue weighted by molar-refractivity contribution is 6.35. The van der Waals surface area contributed by atoms with Gasteiger partial charge in [0.25, 0.3) is 0 Å². The van der Waals surface area contributed by atoms with Crippen molar-refractivity contribution in [3.8, 4) is 11.4 Å². The lowest BCUT2D eigenvalue weighted by atomic mass is 10.2. The number of aromatic nitrogens is 4. The summed E-state index contributed by atoms with van der Waals surface area (Å²) < 4.78 is 6.80. The number of halogens is 2. The molecule has 4 rings (SSSR count). The van der Waals surface area contributed by atoms with Gasteiger partial charge in [-0.05, 0) is 25.2 Å². The van der Waals surface area contributed by atoms with Gasteiger partial charge in [-0.25, -0.2) is 0 Å². The number of piperazine rings is 1. The Bertz CT molecular complexity index is 991. The number of likely N-dealkylation sites (N-methyl/N-ethyl adjacent to an activating group) is 1. The van der Waals surface area contributed by atoms with Gasteiger partial charge in [0.1, 0.15) is 6.54 Å². The highest BCUT2D eigenvalue weighted by atomic mass is 35.5. The lowest BCUT2D eigenvalue weighted by molar-refractivity contribution is -0.133. The molecule has 0 aliphatic carbocycles. The molecule has 0 saturated carbocycles. The van der Waals surface area contributed by atoms with Gasteiger partial charge in [0, 0.05) is 48.0 Å². The van der Waals surface area contributed by atoms with E-state index in [-0.39, 0.29) is 18.5 Å². The first kappa shape index (κ1) is 19.7. The summed E-state index contributed by atoms with van der Waals surface area (Å²) in [5.74, 6) is 0.403. The zero-order chi connectivity index (χ0) is 20.4. The summed E-state index contributed by atoms with van der Waals surface area (Å²) in [7, 11) is 2.05. The van der Waals surface area contributed by atoms with Crippen LogP contribution in [0.2, 0.25) is 10.0 Å². The van der Waals surface area contributed by atoms with Crippen LogP contribution in [0, 0.1) is 0 Å². The average molecular weight is 436 g/mol. The van der Waals surface area contributed by atoms with Crippen LogP contribution < -0.4 is 5.32 Å². The van der Waals surface area contributed by atoms with E-state index in [1.807, 2.05) is 4.90 Å². The predicted molar refractivity (Wildman–Crippen MR) is 109 cm³/mol. The van der Waals surface area contributed by atoms with E-state index in [1.54, 1.807) is 35.3 Å². The number of carbonyl (C=O) groups excluding carboxylic acids is 1. The number of benzene rings is 1. The summed E-state index contributed by atoms with van der Waals surface area (Å²) in [5.41, 5.74) is 1.28. The molecule has 1 aliphatic rings. The summed E-state index contributed by atoms with van der Waals surface area (Å²) in [5, 5.41) is 12.1. The van der Waals surface area contributed by atoms with Crippen molar-refractivity contribution >= 4 is 40.8 Å². The normalized spacial score (nSPS) is 14.9. The number of hydrogen-bond donors (Lipinski definition) is 1. The van der Waals surface area contributed by atoms with Gasteiger partial charge in [0.15, 0.2) is 0 Å². The summed E-state index contributed by atoms with van der Waals surface area (Å²) in [4.78, 5) is 20.8. The first-order valence-electron chi connectivity index (χ1n) is 9.02. The van der Waals surface area contributed by atoms with Crippen LogP contribution in [0.1, 0.15) is 0 Å². The molecule has 9 nitrogen and oxygen atoms in total. The fourth-order valence-electron chi connectivity index (χ4n) is 3.01. The van der Waals surface area contributed by atoms with Gasteiger partial charge in [-0.3, -0.25) is 9.48 Å². The van der Waals surface area contributed by atoms with Crippen molar-refractivity contribution in [1.29, 1.82) is 0 Å². The summed E-state index contributed by atoms with van der Waals surface area (Å²) in [6.45, 7) is 3.42. The Morgan fingerprint density at radius 2 is 1.90 bits per heavy atom. The largest absolute Gasteiger partial charge is 0.339 e. The molecule has 29 heavy (non-hydrogen) atoms. The van der Waals surface area contributed by atoms with Crippen molar-refractivity contribution < 1.29 is 9.32 Å². The molecule has 1 saturated heterocycles. The van der Waals surface area contributed by atoms with Crippen LogP contribution in [0.5, 0.6) is 0 Å². The molecule has 0 unspecified atom stereocenters. The SMILES string of the molecule is CN1CCN(C(=O)Cn2cc(Nc3nc(-c4cc(Cl)cc(Cl)c4)no3)cn2)CC1. The molecule has 152 valence electrons. The Balaban J connectivity index is 1.38. The number of carbonyl (C=O) groups is 1. The predicted octanol–water partition coefficient (Wildman–Crippen LogP) is 2.76. The smallest absolute Gasteiger partial charge is 0.326 e. The van der Waals surface area contributed by atoms with Gasteiger partial charge in [-0.1, -0.05) is 28.4 Å². The van der Waals surface area contributed by atoms with E-state index in [4.69, 9.17) is 27.7 Å². The van der Waals surface area contributed by atoms with Crippen LogP contribution in [0.4, 0.5) is 11.7 Å². The Morgan fingerprint density at radius 1 is 1.17 bits per heavy atom. The highest BCUT2D eigenvalue weighted by Gasteiger charge is 2.19. The van der Waals surface area contributed by atoms with Crippen molar-refractivity contribution in [1.82, 2.24) is 29.7 Å². The maximum Gasteiger partial charge on any atom is 0.326 e. The molecule has 0 atom stereocenters. The lowest BCUT2D eigenvalue weighted by Crippen LogP contribution is -2.48. The molecule has 1 fully saturated rings. The molecule has 1 aliphatic heterocycles. The van der Waals surface area contributed by atoms with Gasteiger partial charge in [-0.2, -0.15) is 10.1 Å². The average Bonchev–Trinajstić information content (AvgIpc) is 3.31. The van der Waals surface area contributed by atoms with Crippen LogP contribution >= 0.6 is 23.2 Å². The van der Waals surface area contributed by atoms with Gasteiger partial charge in [-0.15, -0.1) is 0 Å². The Hall–Kier alpha value is -2.62. The Labute approximate surface area is 177 Å². The van der Waals surface area contributed by atoms with Crippen molar-refractivity contribution in [2.75, 3.05) is 38.5 Å². The van der Waals surface area contributed by atoms with E-state index in [1.165, 1.54) is 0 Å². The molecular weight excluding hydrogens is 417 g/mol. The maximum atomic E-state index is 12.4. The van der Waals surface area contributed by atoms with Crippen LogP contribution in [0.25, 0.3) is 11.4 Å². The summed E-state index contributed by atoms with van der Waals surface area (Å²) >= 11 is 12.0. The number of amides is 1. The van der Waals surface area contributed by atoms with Crippen molar-refractivity contribution in [3.05, 3.63) is 40.6 Å². The van der Waals surface area contributed by atoms with Crippen LogP contribution in [-0.4, -0.2) is 68.9 Å². The van der Waals surface area contributed by atoms with Crippen LogP contribution in [0.15, 0.2) is 35.1 Å². The third kappa shape index (κ3) is 4.87. The summed E-state index contributed by atoms with van der Waals surface area (Å²) in [6, 6.07) is 5.22. The Kier molecular flexibility index (Phi) is 5.70. The number of rotatable bonds is 5. The molecule has 0 radical (unpaired) electrons. The molecule has 1 amide bonds. The first-order valence-corrected chi connectivity index (χ1v) is 9.78. The quantitative estimate of drug-likeness (QED) is 0.658. The molecule has 0 spiro atoms. The monoisotopic (exact) mass is 435 g/mol. The fraction of sp³-hybridized carbons (Fsp3) is 0.333. The Morgan fingerprint density at radius 3 is 2.62 bits per heavy atom. The number of anilines is 2. The highest BCUT2D eigenvalue weighted by Crippen LogP contribution is 2.26. The minimum Gasteiger partial charge on any atom is -0.339 e. The standard InChI is InChI=1S/C18H19Cl2N7O2/c1-25-2-4-26(5-3-25)16(28)11-27-10-15(9-21-27)22-18-23-17(24-29-18)12-6-13(19)8-14(20)7-12/h6-10H,2-5,11H2,1H3,(H,22,23,24). The minimum atomic E-state index is 0.0469. The topological polar surface area (TPSA) is 92.3 Å². The zero-order valence-corrected chi connectivity index (χ0v) is 17.2. The van der Waals surface area contributed by atoms with Gasteiger partial charge in [0.2, 0.25) is 11.7 Å². The van der Waals surface area contributed by atoms with E-state index in [9.17, 15) is 4.79 Å². The number of hydrogen-bond acceptors (Lipinski definition) is 7. The summed E-state index contributed by atoms with van der Waals surface area (Å²) in [6.07, 6.45) is 3.31. The molecule has 1 aromatic carbocycles. The van der Waals surface area contributed by atoms with Gasteiger partial charge >= 0.3 is 6.01 Å². The second-order valence-electron chi connectivity index (χ2n) is 6.82. The van der Waals surface area contributed by atoms with E-state index in [2.05, 4.69) is 32.5 Å². The van der Waals surface area contributed by atoms with E-state index in [0.717, 1.165) is 26.2 Å². The fourth-order valence-corrected chi connectivity index (χ4v) is 3.53. The van der Waals surface area contributed by atoms with Gasteiger partial charge < -0.3 is 19.6 Å². The maximum absolute atomic E-state index is 12.4. The molecule has 3 heterocycles. The number of nitrogens with one attached hydrogen (secondary N) is 1. The minimum absolute atomic E-state index is 0.0469. The first-order chi connectivity index (χ1) is 14.0. The molecule has 1 N–H and O–H groups in total.